The zero-order valence-corrected chi connectivity index (χ0v) is 12.9. The summed E-state index contributed by atoms with van der Waals surface area (Å²) in [6, 6.07) is 9.62. The lowest BCUT2D eigenvalue weighted by Crippen LogP contribution is -2.40. The van der Waals surface area contributed by atoms with Gasteiger partial charge in [-0.1, -0.05) is 30.3 Å². The molecule has 1 heterocycles. The van der Waals surface area contributed by atoms with Crippen LogP contribution < -0.4 is 5.73 Å². The number of hydrogen-bond acceptors (Lipinski definition) is 3. The minimum atomic E-state index is -3.22. The maximum absolute atomic E-state index is 12.3. The van der Waals surface area contributed by atoms with Gasteiger partial charge in [0.15, 0.2) is 0 Å². The van der Waals surface area contributed by atoms with Gasteiger partial charge in [0.1, 0.15) is 0 Å². The molecule has 21 heavy (non-hydrogen) atoms. The van der Waals surface area contributed by atoms with E-state index in [1.54, 1.807) is 4.31 Å². The first kappa shape index (κ1) is 16.0. The molecule has 0 radical (unpaired) electrons. The summed E-state index contributed by atoms with van der Waals surface area (Å²) in [6.45, 7) is 0.990. The Hall–Kier alpha value is -1.40. The standard InChI is InChI=1S/C15H22N2O3S/c16-15(18)12-14-6-9-17(10-7-14)21(19,20)11-8-13-4-2-1-3-5-13/h1-5,14H,6-12H2,(H2,16,18). The van der Waals surface area contributed by atoms with Gasteiger partial charge in [0.05, 0.1) is 5.75 Å². The summed E-state index contributed by atoms with van der Waals surface area (Å²) in [7, 11) is -3.22. The lowest BCUT2D eigenvalue weighted by Gasteiger charge is -2.30. The Labute approximate surface area is 126 Å². The highest BCUT2D eigenvalue weighted by Gasteiger charge is 2.28. The van der Waals surface area contributed by atoms with E-state index in [4.69, 9.17) is 5.73 Å². The lowest BCUT2D eigenvalue weighted by atomic mass is 9.94. The van der Waals surface area contributed by atoms with Crippen LogP contribution in [0.25, 0.3) is 0 Å². The molecule has 6 heteroatoms. The van der Waals surface area contributed by atoms with Gasteiger partial charge in [-0.05, 0) is 30.7 Å². The predicted octanol–water partition coefficient (Wildman–Crippen LogP) is 1.15. The van der Waals surface area contributed by atoms with Gasteiger partial charge in [0.2, 0.25) is 15.9 Å². The van der Waals surface area contributed by atoms with E-state index in [-0.39, 0.29) is 17.6 Å². The van der Waals surface area contributed by atoms with E-state index in [1.807, 2.05) is 30.3 Å². The summed E-state index contributed by atoms with van der Waals surface area (Å²) >= 11 is 0. The Bertz CT molecular complexity index is 564. The Kier molecular flexibility index (Phi) is 5.36. The van der Waals surface area contributed by atoms with Crippen molar-refractivity contribution in [2.24, 2.45) is 11.7 Å². The summed E-state index contributed by atoms with van der Waals surface area (Å²) in [4.78, 5) is 10.9. The van der Waals surface area contributed by atoms with Gasteiger partial charge in [0.25, 0.3) is 0 Å². The Morgan fingerprint density at radius 2 is 1.81 bits per heavy atom. The molecule has 0 unspecified atom stereocenters. The molecule has 1 amide bonds. The van der Waals surface area contributed by atoms with Crippen molar-refractivity contribution in [1.29, 1.82) is 0 Å². The summed E-state index contributed by atoms with van der Waals surface area (Å²) < 4.78 is 26.2. The molecule has 2 rings (SSSR count). The quantitative estimate of drug-likeness (QED) is 0.855. The molecule has 0 saturated carbocycles. The van der Waals surface area contributed by atoms with E-state index in [0.717, 1.165) is 5.56 Å². The van der Waals surface area contributed by atoms with E-state index in [1.165, 1.54) is 0 Å². The van der Waals surface area contributed by atoms with Gasteiger partial charge < -0.3 is 5.73 Å². The average molecular weight is 310 g/mol. The van der Waals surface area contributed by atoms with Crippen molar-refractivity contribution < 1.29 is 13.2 Å². The normalized spacial score (nSPS) is 17.7. The van der Waals surface area contributed by atoms with Crippen LogP contribution in [0.3, 0.4) is 0 Å². The van der Waals surface area contributed by atoms with Crippen molar-refractivity contribution in [3.63, 3.8) is 0 Å². The number of piperidine rings is 1. The molecule has 0 spiro atoms. The topological polar surface area (TPSA) is 80.5 Å². The number of aryl methyl sites for hydroxylation is 1. The third-order valence-corrected chi connectivity index (χ3v) is 5.82. The summed E-state index contributed by atoms with van der Waals surface area (Å²) in [5, 5.41) is 0. The van der Waals surface area contributed by atoms with Crippen LogP contribution in [0.1, 0.15) is 24.8 Å². The predicted molar refractivity (Wildman–Crippen MR) is 82.0 cm³/mol. The number of benzene rings is 1. The first-order valence-electron chi connectivity index (χ1n) is 7.27. The van der Waals surface area contributed by atoms with E-state index in [0.29, 0.717) is 38.8 Å². The first-order valence-corrected chi connectivity index (χ1v) is 8.88. The Balaban J connectivity index is 1.85. The smallest absolute Gasteiger partial charge is 0.217 e. The molecule has 1 fully saturated rings. The van der Waals surface area contributed by atoms with Gasteiger partial charge in [-0.15, -0.1) is 0 Å². The fourth-order valence-corrected chi connectivity index (χ4v) is 4.22. The van der Waals surface area contributed by atoms with Crippen molar-refractivity contribution in [3.8, 4) is 0 Å². The van der Waals surface area contributed by atoms with Crippen LogP contribution in [0.5, 0.6) is 0 Å². The molecule has 0 aromatic heterocycles. The third-order valence-electron chi connectivity index (χ3n) is 3.95. The molecule has 2 N–H and O–H groups in total. The maximum Gasteiger partial charge on any atom is 0.217 e. The van der Waals surface area contributed by atoms with Crippen LogP contribution in [0, 0.1) is 5.92 Å². The molecule has 1 aromatic carbocycles. The summed E-state index contributed by atoms with van der Waals surface area (Å²) in [6.07, 6.45) is 2.32. The average Bonchev–Trinajstić information content (AvgIpc) is 2.46. The van der Waals surface area contributed by atoms with Crippen LogP contribution in [-0.4, -0.2) is 37.5 Å². The maximum atomic E-state index is 12.3. The second-order valence-electron chi connectivity index (χ2n) is 5.56. The van der Waals surface area contributed by atoms with Crippen LogP contribution in [0.2, 0.25) is 0 Å². The third kappa shape index (κ3) is 4.82. The van der Waals surface area contributed by atoms with E-state index >= 15 is 0 Å². The van der Waals surface area contributed by atoms with Gasteiger partial charge >= 0.3 is 0 Å². The van der Waals surface area contributed by atoms with Crippen molar-refractivity contribution >= 4 is 15.9 Å². The minimum absolute atomic E-state index is 0.136. The van der Waals surface area contributed by atoms with Crippen LogP contribution in [0.4, 0.5) is 0 Å². The van der Waals surface area contributed by atoms with Crippen LogP contribution in [0.15, 0.2) is 30.3 Å². The van der Waals surface area contributed by atoms with E-state index in [9.17, 15) is 13.2 Å². The number of primary amides is 1. The highest BCUT2D eigenvalue weighted by molar-refractivity contribution is 7.89. The number of nitrogens with two attached hydrogens (primary N) is 1. The molecule has 0 atom stereocenters. The van der Waals surface area contributed by atoms with Crippen molar-refractivity contribution in [1.82, 2.24) is 4.31 Å². The molecule has 1 aliphatic rings. The molecule has 0 bridgehead atoms. The molecule has 1 aromatic rings. The number of nitrogens with zero attached hydrogens (tertiary/aromatic N) is 1. The minimum Gasteiger partial charge on any atom is -0.370 e. The molecule has 5 nitrogen and oxygen atoms in total. The monoisotopic (exact) mass is 310 g/mol. The largest absolute Gasteiger partial charge is 0.370 e. The summed E-state index contributed by atoms with van der Waals surface area (Å²) in [5.74, 6) is 0.0563. The summed E-state index contributed by atoms with van der Waals surface area (Å²) in [5.41, 5.74) is 6.22. The van der Waals surface area contributed by atoms with Crippen LogP contribution in [-0.2, 0) is 21.2 Å². The highest BCUT2D eigenvalue weighted by Crippen LogP contribution is 2.22. The number of sulfonamides is 1. The molecule has 1 saturated heterocycles. The second kappa shape index (κ2) is 7.04. The van der Waals surface area contributed by atoms with Gasteiger partial charge in [-0.2, -0.15) is 0 Å². The number of carbonyl (C=O) groups is 1. The number of rotatable bonds is 6. The van der Waals surface area contributed by atoms with Crippen molar-refractivity contribution in [2.45, 2.75) is 25.7 Å². The van der Waals surface area contributed by atoms with Gasteiger partial charge in [0, 0.05) is 19.5 Å². The number of carbonyl (C=O) groups excluding carboxylic acids is 1. The van der Waals surface area contributed by atoms with Crippen LogP contribution >= 0.6 is 0 Å². The van der Waals surface area contributed by atoms with Gasteiger partial charge in [-0.25, -0.2) is 12.7 Å². The molecular formula is C15H22N2O3S. The van der Waals surface area contributed by atoms with E-state index in [2.05, 4.69) is 0 Å². The zero-order chi connectivity index (χ0) is 15.3. The first-order chi connectivity index (χ1) is 9.97. The van der Waals surface area contributed by atoms with Crippen molar-refractivity contribution in [3.05, 3.63) is 35.9 Å². The fourth-order valence-electron chi connectivity index (χ4n) is 2.70. The zero-order valence-electron chi connectivity index (χ0n) is 12.1. The molecule has 1 aliphatic heterocycles. The Morgan fingerprint density at radius 3 is 2.38 bits per heavy atom. The van der Waals surface area contributed by atoms with Crippen molar-refractivity contribution in [2.75, 3.05) is 18.8 Å². The molecule has 116 valence electrons. The van der Waals surface area contributed by atoms with Gasteiger partial charge in [-0.3, -0.25) is 4.79 Å². The molecule has 0 aliphatic carbocycles. The molecular weight excluding hydrogens is 288 g/mol. The highest BCUT2D eigenvalue weighted by atomic mass is 32.2. The fraction of sp³-hybridized carbons (Fsp3) is 0.533. The Morgan fingerprint density at radius 1 is 1.19 bits per heavy atom. The number of hydrogen-bond donors (Lipinski definition) is 1. The SMILES string of the molecule is NC(=O)CC1CCN(S(=O)(=O)CCc2ccccc2)CC1. The lowest BCUT2D eigenvalue weighted by molar-refractivity contribution is -0.119. The van der Waals surface area contributed by atoms with E-state index < -0.39 is 10.0 Å². The second-order valence-corrected chi connectivity index (χ2v) is 7.65. The number of amides is 1.